The summed E-state index contributed by atoms with van der Waals surface area (Å²) in [5, 5.41) is 16.0. The van der Waals surface area contributed by atoms with Gasteiger partial charge < -0.3 is 10.4 Å². The van der Waals surface area contributed by atoms with Gasteiger partial charge in [-0.25, -0.2) is 4.79 Å². The smallest absolute Gasteiger partial charge is 0.335 e. The van der Waals surface area contributed by atoms with Crippen LogP contribution in [0, 0.1) is 12.8 Å². The van der Waals surface area contributed by atoms with Gasteiger partial charge in [0.15, 0.2) is 0 Å². The van der Waals surface area contributed by atoms with Gasteiger partial charge in [0.25, 0.3) is 0 Å². The Hall–Kier alpha value is -3.14. The van der Waals surface area contributed by atoms with Gasteiger partial charge in [-0.05, 0) is 90.2 Å². The van der Waals surface area contributed by atoms with Crippen LogP contribution in [-0.4, -0.2) is 17.6 Å². The molecule has 4 heteroatoms. The maximum absolute atomic E-state index is 11.8. The molecule has 4 aromatic rings. The van der Waals surface area contributed by atoms with E-state index in [-0.39, 0.29) is 24.4 Å². The summed E-state index contributed by atoms with van der Waals surface area (Å²) in [6.45, 7) is 5.16. The van der Waals surface area contributed by atoms with Gasteiger partial charge in [-0.15, -0.1) is 12.4 Å². The molecule has 0 saturated carbocycles. The van der Waals surface area contributed by atoms with Crippen LogP contribution >= 0.6 is 12.4 Å². The normalized spacial score (nSPS) is 17.7. The first-order valence-corrected chi connectivity index (χ1v) is 12.6. The third-order valence-corrected chi connectivity index (χ3v) is 7.78. The average Bonchev–Trinajstić information content (AvgIpc) is 2.88. The Balaban J connectivity index is 0.00000304. The Kier molecular flexibility index (Phi) is 8.13. The number of aromatic carboxylic acids is 1. The van der Waals surface area contributed by atoms with Gasteiger partial charge >= 0.3 is 5.97 Å². The number of fused-ring (bicyclic) bond motifs is 2. The molecule has 1 aliphatic rings. The number of benzene rings is 4. The van der Waals surface area contributed by atoms with Gasteiger partial charge in [0, 0.05) is 12.0 Å². The second kappa shape index (κ2) is 11.3. The second-order valence-electron chi connectivity index (χ2n) is 9.92. The van der Waals surface area contributed by atoms with Crippen LogP contribution in [0.15, 0.2) is 84.9 Å². The SMILES string of the molecule is Cc1c(C(=O)O)cccc1C1CC(CCN[C@H](C)c2cccc3ccccc23)Cc2ccccc21.Cl. The van der Waals surface area contributed by atoms with Gasteiger partial charge in [-0.3, -0.25) is 0 Å². The highest BCUT2D eigenvalue weighted by Gasteiger charge is 2.29. The lowest BCUT2D eigenvalue weighted by atomic mass is 9.72. The quantitative estimate of drug-likeness (QED) is 0.274. The number of carbonyl (C=O) groups is 1. The highest BCUT2D eigenvalue weighted by molar-refractivity contribution is 5.90. The van der Waals surface area contributed by atoms with Gasteiger partial charge in [0.05, 0.1) is 5.56 Å². The van der Waals surface area contributed by atoms with E-state index < -0.39 is 5.97 Å². The van der Waals surface area contributed by atoms with Gasteiger partial charge in [-0.1, -0.05) is 78.9 Å². The fourth-order valence-electron chi connectivity index (χ4n) is 5.93. The molecule has 0 aliphatic heterocycles. The molecule has 3 nitrogen and oxygen atoms in total. The Morgan fingerprint density at radius 3 is 2.47 bits per heavy atom. The van der Waals surface area contributed by atoms with Crippen LogP contribution in [0.4, 0.5) is 0 Å². The molecule has 0 bridgehead atoms. The van der Waals surface area contributed by atoms with E-state index in [1.165, 1.54) is 27.5 Å². The van der Waals surface area contributed by atoms with Crippen LogP contribution in [-0.2, 0) is 6.42 Å². The molecule has 0 radical (unpaired) electrons. The van der Waals surface area contributed by atoms with E-state index in [0.717, 1.165) is 36.9 Å². The van der Waals surface area contributed by atoms with E-state index in [1.54, 1.807) is 6.07 Å². The second-order valence-corrected chi connectivity index (χ2v) is 9.92. The zero-order valence-corrected chi connectivity index (χ0v) is 21.7. The Morgan fingerprint density at radius 1 is 0.944 bits per heavy atom. The molecule has 0 heterocycles. The molecule has 0 saturated heterocycles. The Labute approximate surface area is 220 Å². The van der Waals surface area contributed by atoms with Crippen molar-refractivity contribution in [2.45, 2.75) is 45.1 Å². The van der Waals surface area contributed by atoms with Crippen molar-refractivity contribution >= 4 is 29.1 Å². The lowest BCUT2D eigenvalue weighted by molar-refractivity contribution is 0.0696. The number of carboxylic acid groups (broad SMARTS) is 1. The van der Waals surface area contributed by atoms with E-state index in [1.807, 2.05) is 13.0 Å². The third kappa shape index (κ3) is 5.18. The summed E-state index contributed by atoms with van der Waals surface area (Å²) < 4.78 is 0. The van der Waals surface area contributed by atoms with E-state index in [2.05, 4.69) is 85.0 Å². The van der Waals surface area contributed by atoms with Crippen LogP contribution < -0.4 is 5.32 Å². The summed E-state index contributed by atoms with van der Waals surface area (Å²) in [7, 11) is 0. The number of rotatable bonds is 7. The lowest BCUT2D eigenvalue weighted by Crippen LogP contribution is -2.26. The molecule has 186 valence electrons. The van der Waals surface area contributed by atoms with Crippen molar-refractivity contribution in [1.82, 2.24) is 5.32 Å². The van der Waals surface area contributed by atoms with Crippen molar-refractivity contribution in [1.29, 1.82) is 0 Å². The van der Waals surface area contributed by atoms with Crippen molar-refractivity contribution in [2.24, 2.45) is 5.92 Å². The average molecular weight is 500 g/mol. The third-order valence-electron chi connectivity index (χ3n) is 7.78. The number of carboxylic acids is 1. The molecule has 0 amide bonds. The van der Waals surface area contributed by atoms with Crippen LogP contribution in [0.1, 0.15) is 69.9 Å². The van der Waals surface area contributed by atoms with Gasteiger partial charge in [0.2, 0.25) is 0 Å². The highest BCUT2D eigenvalue weighted by Crippen LogP contribution is 2.42. The number of hydrogen-bond donors (Lipinski definition) is 2. The van der Waals surface area contributed by atoms with Crippen molar-refractivity contribution in [2.75, 3.05) is 6.54 Å². The largest absolute Gasteiger partial charge is 0.478 e. The van der Waals surface area contributed by atoms with Crippen LogP contribution in [0.2, 0.25) is 0 Å². The molecule has 0 aromatic heterocycles. The molecular weight excluding hydrogens is 466 g/mol. The maximum atomic E-state index is 11.8. The minimum Gasteiger partial charge on any atom is -0.478 e. The van der Waals surface area contributed by atoms with Crippen LogP contribution in [0.3, 0.4) is 0 Å². The zero-order chi connectivity index (χ0) is 24.4. The minimum atomic E-state index is -0.850. The van der Waals surface area contributed by atoms with E-state index in [0.29, 0.717) is 11.5 Å². The first-order chi connectivity index (χ1) is 17.0. The van der Waals surface area contributed by atoms with Crippen LogP contribution in [0.25, 0.3) is 10.8 Å². The molecule has 4 aromatic carbocycles. The number of hydrogen-bond acceptors (Lipinski definition) is 2. The molecule has 5 rings (SSSR count). The zero-order valence-electron chi connectivity index (χ0n) is 20.9. The van der Waals surface area contributed by atoms with Crippen molar-refractivity contribution < 1.29 is 9.90 Å². The van der Waals surface area contributed by atoms with E-state index in [4.69, 9.17) is 0 Å². The maximum Gasteiger partial charge on any atom is 0.335 e. The summed E-state index contributed by atoms with van der Waals surface area (Å²) in [5.74, 6) is -0.0636. The van der Waals surface area contributed by atoms with E-state index >= 15 is 0 Å². The summed E-state index contributed by atoms with van der Waals surface area (Å²) in [6, 6.07) is 29.8. The fraction of sp³-hybridized carbons (Fsp3) is 0.281. The molecule has 1 aliphatic carbocycles. The van der Waals surface area contributed by atoms with Crippen LogP contribution in [0.5, 0.6) is 0 Å². The predicted octanol–water partition coefficient (Wildman–Crippen LogP) is 7.70. The summed E-state index contributed by atoms with van der Waals surface area (Å²) in [4.78, 5) is 11.8. The Bertz CT molecular complexity index is 1360. The van der Waals surface area contributed by atoms with E-state index in [9.17, 15) is 9.90 Å². The number of halogens is 1. The predicted molar refractivity (Wildman–Crippen MR) is 150 cm³/mol. The molecule has 36 heavy (non-hydrogen) atoms. The molecule has 2 N–H and O–H groups in total. The fourth-order valence-corrected chi connectivity index (χ4v) is 5.93. The summed E-state index contributed by atoms with van der Waals surface area (Å²) in [5.41, 5.74) is 6.55. The first-order valence-electron chi connectivity index (χ1n) is 12.6. The number of nitrogens with one attached hydrogen (secondary N) is 1. The molecule has 2 unspecified atom stereocenters. The lowest BCUT2D eigenvalue weighted by Gasteiger charge is -2.33. The molecule has 0 spiro atoms. The highest BCUT2D eigenvalue weighted by atomic mass is 35.5. The van der Waals surface area contributed by atoms with Crippen molar-refractivity contribution in [3.05, 3.63) is 118 Å². The summed E-state index contributed by atoms with van der Waals surface area (Å²) >= 11 is 0. The first kappa shape index (κ1) is 25.9. The molecule has 0 fully saturated rings. The Morgan fingerprint density at radius 2 is 1.64 bits per heavy atom. The topological polar surface area (TPSA) is 49.3 Å². The van der Waals surface area contributed by atoms with Gasteiger partial charge in [0.1, 0.15) is 0 Å². The van der Waals surface area contributed by atoms with Crippen molar-refractivity contribution in [3.8, 4) is 0 Å². The minimum absolute atomic E-state index is 0. The standard InChI is InChI=1S/C32H33NO2.ClH/c1-21-26(14-8-15-27(21)32(34)35)31-20-23(19-25-10-4-6-13-30(25)31)17-18-33-22(2)28-16-7-11-24-9-3-5-12-29(24)28;/h3-16,22-23,31,33H,17-20H2,1-2H3,(H,34,35);1H/t22-,23?,31?;/m1./s1. The monoisotopic (exact) mass is 499 g/mol. The van der Waals surface area contributed by atoms with Gasteiger partial charge in [-0.2, -0.15) is 0 Å². The molecular formula is C32H34ClNO2. The molecule has 3 atom stereocenters. The van der Waals surface area contributed by atoms with Crippen molar-refractivity contribution in [3.63, 3.8) is 0 Å². The summed E-state index contributed by atoms with van der Waals surface area (Å²) in [6.07, 6.45) is 3.22.